The van der Waals surface area contributed by atoms with Gasteiger partial charge in [0.2, 0.25) is 0 Å². The van der Waals surface area contributed by atoms with Crippen LogP contribution in [-0.2, 0) is 9.53 Å². The summed E-state index contributed by atoms with van der Waals surface area (Å²) in [7, 11) is 1.41. The predicted octanol–water partition coefficient (Wildman–Crippen LogP) is 2.72. The molecule has 0 aromatic rings. The van der Waals surface area contributed by atoms with E-state index in [9.17, 15) is 4.79 Å². The molecule has 0 aromatic heterocycles. The fourth-order valence-electron chi connectivity index (χ4n) is 0.885. The lowest BCUT2D eigenvalue weighted by atomic mass is 9.98. The molecule has 3 heteroatoms. The number of ether oxygens (including phenoxy) is 1. The van der Waals surface area contributed by atoms with Gasteiger partial charge in [-0.3, -0.25) is 4.79 Å². The highest BCUT2D eigenvalue weighted by Gasteiger charge is 2.12. The van der Waals surface area contributed by atoms with Crippen LogP contribution in [0, 0.1) is 17.3 Å². The number of rotatable bonds is 4. The highest BCUT2D eigenvalue weighted by Crippen LogP contribution is 2.16. The van der Waals surface area contributed by atoms with Crippen molar-refractivity contribution in [3.8, 4) is 11.8 Å². The molecular weight excluding hydrogens is 208 g/mol. The van der Waals surface area contributed by atoms with Gasteiger partial charge in [0.25, 0.3) is 0 Å². The molecule has 0 radical (unpaired) electrons. The van der Waals surface area contributed by atoms with Crippen molar-refractivity contribution >= 4 is 17.7 Å². The van der Waals surface area contributed by atoms with E-state index in [1.165, 1.54) is 7.11 Å². The largest absolute Gasteiger partial charge is 0.469 e. The molecule has 0 amide bonds. The summed E-state index contributed by atoms with van der Waals surface area (Å²) in [5.74, 6) is 7.06. The van der Waals surface area contributed by atoms with Crippen molar-refractivity contribution in [3.05, 3.63) is 0 Å². The molecule has 0 bridgehead atoms. The minimum atomic E-state index is -0.191. The summed E-state index contributed by atoms with van der Waals surface area (Å²) in [6.45, 7) is 8.25. The van der Waals surface area contributed by atoms with E-state index in [1.54, 1.807) is 11.8 Å². The summed E-state index contributed by atoms with van der Waals surface area (Å²) in [6, 6.07) is 0. The van der Waals surface area contributed by atoms with Crippen LogP contribution < -0.4 is 0 Å². The first-order valence-corrected chi connectivity index (χ1v) is 6.15. The van der Waals surface area contributed by atoms with Gasteiger partial charge in [-0.1, -0.05) is 18.8 Å². The molecule has 0 aliphatic heterocycles. The standard InChI is InChI=1S/C12H20O2S/c1-6-15-10(9-11(13)14-5)7-8-12(2,3)4/h10H,6,9H2,1-5H3. The van der Waals surface area contributed by atoms with Crippen molar-refractivity contribution in [2.75, 3.05) is 12.9 Å². The van der Waals surface area contributed by atoms with E-state index in [2.05, 4.69) is 44.3 Å². The summed E-state index contributed by atoms with van der Waals surface area (Å²) in [5, 5.41) is 0.0571. The molecule has 0 aliphatic carbocycles. The SMILES string of the molecule is CCSC(C#CC(C)(C)C)CC(=O)OC. The van der Waals surface area contributed by atoms with Crippen LogP contribution in [0.15, 0.2) is 0 Å². The summed E-state index contributed by atoms with van der Waals surface area (Å²) in [5.41, 5.74) is -0.0112. The van der Waals surface area contributed by atoms with Gasteiger partial charge in [0.15, 0.2) is 0 Å². The van der Waals surface area contributed by atoms with Crippen LogP contribution in [0.1, 0.15) is 34.1 Å². The Balaban J connectivity index is 4.38. The van der Waals surface area contributed by atoms with Gasteiger partial charge < -0.3 is 4.74 Å². The van der Waals surface area contributed by atoms with E-state index < -0.39 is 0 Å². The van der Waals surface area contributed by atoms with Crippen molar-refractivity contribution in [2.24, 2.45) is 5.41 Å². The number of carbonyl (C=O) groups excluding carboxylic acids is 1. The zero-order chi connectivity index (χ0) is 11.9. The molecule has 1 unspecified atom stereocenters. The van der Waals surface area contributed by atoms with Crippen LogP contribution in [0.3, 0.4) is 0 Å². The Bertz CT molecular complexity index is 255. The van der Waals surface area contributed by atoms with Crippen molar-refractivity contribution < 1.29 is 9.53 Å². The third-order valence-corrected chi connectivity index (χ3v) is 2.58. The molecule has 0 N–H and O–H groups in total. The third-order valence-electron chi connectivity index (χ3n) is 1.56. The van der Waals surface area contributed by atoms with Crippen molar-refractivity contribution in [1.82, 2.24) is 0 Å². The first kappa shape index (κ1) is 14.4. The Kier molecular flexibility index (Phi) is 6.51. The van der Waals surface area contributed by atoms with Crippen LogP contribution in [0.25, 0.3) is 0 Å². The number of methoxy groups -OCH3 is 1. The van der Waals surface area contributed by atoms with Gasteiger partial charge in [-0.2, -0.15) is 0 Å². The topological polar surface area (TPSA) is 26.3 Å². The zero-order valence-electron chi connectivity index (χ0n) is 10.2. The summed E-state index contributed by atoms with van der Waals surface area (Å²) >= 11 is 1.69. The molecule has 1 atom stereocenters. The van der Waals surface area contributed by atoms with E-state index in [4.69, 9.17) is 0 Å². The van der Waals surface area contributed by atoms with Gasteiger partial charge in [-0.15, -0.1) is 11.8 Å². The maximum absolute atomic E-state index is 11.1. The van der Waals surface area contributed by atoms with E-state index in [0.717, 1.165) is 5.75 Å². The van der Waals surface area contributed by atoms with Crippen LogP contribution in [0.4, 0.5) is 0 Å². The van der Waals surface area contributed by atoms with E-state index in [0.29, 0.717) is 6.42 Å². The molecule has 0 fully saturated rings. The summed E-state index contributed by atoms with van der Waals surface area (Å²) in [6.07, 6.45) is 0.373. The highest BCUT2D eigenvalue weighted by atomic mass is 32.2. The van der Waals surface area contributed by atoms with E-state index in [-0.39, 0.29) is 16.6 Å². The average molecular weight is 228 g/mol. The number of thioether (sulfide) groups is 1. The van der Waals surface area contributed by atoms with Crippen molar-refractivity contribution in [3.63, 3.8) is 0 Å². The second-order valence-corrected chi connectivity index (χ2v) is 5.72. The molecule has 86 valence electrons. The molecule has 2 nitrogen and oxygen atoms in total. The monoisotopic (exact) mass is 228 g/mol. The quantitative estimate of drug-likeness (QED) is 0.546. The fourth-order valence-corrected chi connectivity index (χ4v) is 1.68. The van der Waals surface area contributed by atoms with Crippen LogP contribution in [0.2, 0.25) is 0 Å². The van der Waals surface area contributed by atoms with Crippen LogP contribution >= 0.6 is 11.8 Å². The molecule has 0 saturated heterocycles. The molecule has 0 spiro atoms. The lowest BCUT2D eigenvalue weighted by Gasteiger charge is -2.11. The minimum absolute atomic E-state index is 0.0112. The predicted molar refractivity (Wildman–Crippen MR) is 65.8 cm³/mol. The molecule has 15 heavy (non-hydrogen) atoms. The first-order chi connectivity index (χ1) is 6.89. The lowest BCUT2D eigenvalue weighted by molar-refractivity contribution is -0.140. The van der Waals surface area contributed by atoms with Gasteiger partial charge in [0.1, 0.15) is 0 Å². The minimum Gasteiger partial charge on any atom is -0.469 e. The number of esters is 1. The maximum Gasteiger partial charge on any atom is 0.307 e. The van der Waals surface area contributed by atoms with Crippen LogP contribution in [-0.4, -0.2) is 24.1 Å². The van der Waals surface area contributed by atoms with E-state index in [1.807, 2.05) is 0 Å². The molecule has 0 rings (SSSR count). The van der Waals surface area contributed by atoms with E-state index >= 15 is 0 Å². The van der Waals surface area contributed by atoms with Crippen LogP contribution in [0.5, 0.6) is 0 Å². The Morgan fingerprint density at radius 1 is 1.47 bits per heavy atom. The number of hydrogen-bond donors (Lipinski definition) is 0. The average Bonchev–Trinajstić information content (AvgIpc) is 2.13. The van der Waals surface area contributed by atoms with Gasteiger partial charge in [-0.25, -0.2) is 0 Å². The fraction of sp³-hybridized carbons (Fsp3) is 0.750. The maximum atomic E-state index is 11.1. The van der Waals surface area contributed by atoms with Gasteiger partial charge >= 0.3 is 5.97 Å². The zero-order valence-corrected chi connectivity index (χ0v) is 11.0. The molecule has 0 heterocycles. The second kappa shape index (κ2) is 6.79. The Morgan fingerprint density at radius 2 is 2.07 bits per heavy atom. The van der Waals surface area contributed by atoms with Gasteiger partial charge in [-0.05, 0) is 26.5 Å². The lowest BCUT2D eigenvalue weighted by Crippen LogP contribution is -2.11. The summed E-state index contributed by atoms with van der Waals surface area (Å²) < 4.78 is 4.64. The van der Waals surface area contributed by atoms with Crippen molar-refractivity contribution in [1.29, 1.82) is 0 Å². The van der Waals surface area contributed by atoms with Gasteiger partial charge in [0, 0.05) is 5.41 Å². The normalized spacial score (nSPS) is 12.6. The second-order valence-electron chi connectivity index (χ2n) is 4.24. The number of carbonyl (C=O) groups is 1. The molecule has 0 aliphatic rings. The smallest absolute Gasteiger partial charge is 0.307 e. The molecular formula is C12H20O2S. The highest BCUT2D eigenvalue weighted by molar-refractivity contribution is 8.00. The number of hydrogen-bond acceptors (Lipinski definition) is 3. The molecule has 0 saturated carbocycles. The van der Waals surface area contributed by atoms with Crippen molar-refractivity contribution in [2.45, 2.75) is 39.4 Å². The van der Waals surface area contributed by atoms with Gasteiger partial charge in [0.05, 0.1) is 18.8 Å². The Labute approximate surface area is 97.2 Å². The Morgan fingerprint density at radius 3 is 2.47 bits per heavy atom. The first-order valence-electron chi connectivity index (χ1n) is 5.10. The molecule has 0 aromatic carbocycles. The Hall–Kier alpha value is -0.620. The summed E-state index contributed by atoms with van der Waals surface area (Å²) in [4.78, 5) is 11.1. The third kappa shape index (κ3) is 8.38.